The van der Waals surface area contributed by atoms with Crippen LogP contribution in [0.1, 0.15) is 19.3 Å². The van der Waals surface area contributed by atoms with Crippen LogP contribution in [-0.2, 0) is 9.53 Å². The van der Waals surface area contributed by atoms with Gasteiger partial charge in [-0.2, -0.15) is 5.10 Å². The number of carbonyl (C=O) groups excluding carboxylic acids is 2. The van der Waals surface area contributed by atoms with Crippen LogP contribution in [0, 0.1) is 0 Å². The lowest BCUT2D eigenvalue weighted by Gasteiger charge is -2.35. The second kappa shape index (κ2) is 8.47. The van der Waals surface area contributed by atoms with E-state index in [0.717, 1.165) is 35.4 Å². The van der Waals surface area contributed by atoms with E-state index in [-0.39, 0.29) is 30.6 Å². The fourth-order valence-electron chi connectivity index (χ4n) is 4.26. The Balaban J connectivity index is 1.17. The third kappa shape index (κ3) is 4.09. The van der Waals surface area contributed by atoms with E-state index in [1.807, 2.05) is 24.4 Å². The van der Waals surface area contributed by atoms with Gasteiger partial charge in [0, 0.05) is 44.1 Å². The monoisotopic (exact) mass is 463 g/mol. The molecule has 2 aliphatic heterocycles. The largest absolute Gasteiger partial charge is 0.474 e. The number of pyridine rings is 1. The van der Waals surface area contributed by atoms with Crippen LogP contribution in [0.5, 0.6) is 5.88 Å². The number of fused-ring (bicyclic) bond motifs is 1. The molecule has 34 heavy (non-hydrogen) atoms. The summed E-state index contributed by atoms with van der Waals surface area (Å²) in [6, 6.07) is 5.80. The molecular weight excluding hydrogens is 438 g/mol. The average Bonchev–Trinajstić information content (AvgIpc) is 3.43. The SMILES string of the molecule is O=C1C[C@@H](OC(=O)N2CCN(c3ccn4ncc(-c5cccnc5OC5CC5)c4n3)CC2)CN1. The minimum Gasteiger partial charge on any atom is -0.474 e. The highest BCUT2D eigenvalue weighted by atomic mass is 16.6. The van der Waals surface area contributed by atoms with Gasteiger partial charge in [-0.15, -0.1) is 0 Å². The molecule has 1 aliphatic carbocycles. The Morgan fingerprint density at radius 2 is 1.94 bits per heavy atom. The number of aromatic nitrogens is 4. The van der Waals surface area contributed by atoms with Crippen molar-refractivity contribution in [3.63, 3.8) is 0 Å². The summed E-state index contributed by atoms with van der Waals surface area (Å²) in [6.07, 6.45) is 7.25. The molecule has 0 aromatic carbocycles. The van der Waals surface area contributed by atoms with Crippen molar-refractivity contribution >= 4 is 23.5 Å². The Hall–Kier alpha value is -3.89. The number of hydrogen-bond donors (Lipinski definition) is 1. The molecule has 0 unspecified atom stereocenters. The van der Waals surface area contributed by atoms with Crippen LogP contribution < -0.4 is 15.0 Å². The average molecular weight is 463 g/mol. The molecule has 3 fully saturated rings. The molecule has 0 spiro atoms. The number of ether oxygens (including phenoxy) is 2. The second-order valence-electron chi connectivity index (χ2n) is 8.77. The van der Waals surface area contributed by atoms with Crippen LogP contribution >= 0.6 is 0 Å². The van der Waals surface area contributed by atoms with Gasteiger partial charge in [0.05, 0.1) is 24.7 Å². The van der Waals surface area contributed by atoms with E-state index < -0.39 is 0 Å². The van der Waals surface area contributed by atoms with Gasteiger partial charge in [-0.1, -0.05) is 0 Å². The van der Waals surface area contributed by atoms with Gasteiger partial charge in [-0.25, -0.2) is 19.3 Å². The Bertz CT molecular complexity index is 1230. The number of nitrogens with one attached hydrogen (secondary N) is 1. The number of hydrogen-bond acceptors (Lipinski definition) is 8. The van der Waals surface area contributed by atoms with E-state index in [0.29, 0.717) is 38.6 Å². The molecule has 5 heterocycles. The van der Waals surface area contributed by atoms with E-state index in [4.69, 9.17) is 14.5 Å². The topological polar surface area (TPSA) is 114 Å². The summed E-state index contributed by atoms with van der Waals surface area (Å²) in [6.45, 7) is 2.69. The van der Waals surface area contributed by atoms with Crippen molar-refractivity contribution in [2.45, 2.75) is 31.5 Å². The molecule has 0 radical (unpaired) electrons. The molecule has 0 bridgehead atoms. The molecule has 1 N–H and O–H groups in total. The molecule has 3 aromatic rings. The Kier molecular flexibility index (Phi) is 5.16. The number of carbonyl (C=O) groups is 2. The number of nitrogens with zero attached hydrogens (tertiary/aromatic N) is 6. The van der Waals surface area contributed by atoms with Crippen LogP contribution in [0.25, 0.3) is 16.8 Å². The van der Waals surface area contributed by atoms with Crippen LogP contribution in [0.15, 0.2) is 36.8 Å². The zero-order chi connectivity index (χ0) is 23.1. The van der Waals surface area contributed by atoms with Crippen LogP contribution in [0.4, 0.5) is 10.6 Å². The summed E-state index contributed by atoms with van der Waals surface area (Å²) in [4.78, 5) is 36.9. The lowest BCUT2D eigenvalue weighted by atomic mass is 10.1. The van der Waals surface area contributed by atoms with E-state index >= 15 is 0 Å². The minimum absolute atomic E-state index is 0.0826. The summed E-state index contributed by atoms with van der Waals surface area (Å²) in [5.41, 5.74) is 2.47. The zero-order valence-electron chi connectivity index (χ0n) is 18.6. The fraction of sp³-hybridized carbons (Fsp3) is 0.435. The number of rotatable bonds is 5. The summed E-state index contributed by atoms with van der Waals surface area (Å²) in [5, 5.41) is 7.14. The third-order valence-corrected chi connectivity index (χ3v) is 6.29. The molecule has 1 saturated carbocycles. The van der Waals surface area contributed by atoms with Crippen molar-refractivity contribution in [2.24, 2.45) is 0 Å². The molecule has 6 rings (SSSR count). The quantitative estimate of drug-likeness (QED) is 0.605. The van der Waals surface area contributed by atoms with Crippen LogP contribution in [0.3, 0.4) is 0 Å². The molecule has 2 saturated heterocycles. The van der Waals surface area contributed by atoms with Crippen LogP contribution in [0.2, 0.25) is 0 Å². The van der Waals surface area contributed by atoms with Crippen molar-refractivity contribution in [1.82, 2.24) is 29.8 Å². The Morgan fingerprint density at radius 1 is 1.09 bits per heavy atom. The molecule has 1 atom stereocenters. The van der Waals surface area contributed by atoms with Crippen LogP contribution in [-0.4, -0.2) is 81.4 Å². The normalized spacial score (nSPS) is 20.5. The molecule has 2 amide bonds. The van der Waals surface area contributed by atoms with Crippen molar-refractivity contribution in [3.8, 4) is 17.0 Å². The summed E-state index contributed by atoms with van der Waals surface area (Å²) < 4.78 is 13.2. The number of anilines is 1. The first-order chi connectivity index (χ1) is 16.6. The first-order valence-corrected chi connectivity index (χ1v) is 11.6. The predicted molar refractivity (Wildman–Crippen MR) is 122 cm³/mol. The Morgan fingerprint density at radius 3 is 2.71 bits per heavy atom. The summed E-state index contributed by atoms with van der Waals surface area (Å²) in [5.74, 6) is 1.35. The number of amides is 2. The molecular formula is C23H25N7O4. The van der Waals surface area contributed by atoms with Crippen molar-refractivity contribution in [3.05, 3.63) is 36.8 Å². The smallest absolute Gasteiger partial charge is 0.410 e. The van der Waals surface area contributed by atoms with Gasteiger partial charge in [-0.05, 0) is 31.0 Å². The molecule has 176 valence electrons. The second-order valence-corrected chi connectivity index (χ2v) is 8.77. The molecule has 11 nitrogen and oxygen atoms in total. The predicted octanol–water partition coefficient (Wildman–Crippen LogP) is 1.48. The first-order valence-electron chi connectivity index (χ1n) is 11.6. The Labute approximate surface area is 195 Å². The minimum atomic E-state index is -0.386. The molecule has 11 heteroatoms. The van der Waals surface area contributed by atoms with Gasteiger partial charge in [-0.3, -0.25) is 4.79 Å². The van der Waals surface area contributed by atoms with Gasteiger partial charge >= 0.3 is 6.09 Å². The maximum Gasteiger partial charge on any atom is 0.410 e. The van der Waals surface area contributed by atoms with Crippen molar-refractivity contribution in [1.29, 1.82) is 0 Å². The highest BCUT2D eigenvalue weighted by molar-refractivity contribution is 5.81. The van der Waals surface area contributed by atoms with Gasteiger partial charge in [0.25, 0.3) is 0 Å². The lowest BCUT2D eigenvalue weighted by Crippen LogP contribution is -2.49. The van der Waals surface area contributed by atoms with Gasteiger partial charge < -0.3 is 24.6 Å². The van der Waals surface area contributed by atoms with Gasteiger partial charge in [0.1, 0.15) is 18.0 Å². The van der Waals surface area contributed by atoms with Crippen molar-refractivity contribution < 1.29 is 19.1 Å². The summed E-state index contributed by atoms with van der Waals surface area (Å²) in [7, 11) is 0. The standard InChI is InChI=1S/C23H25N7O4/c31-20-12-16(13-25-20)34-23(32)29-10-8-28(9-11-29)19-5-7-30-21(27-19)18(14-26-30)17-2-1-6-24-22(17)33-15-3-4-15/h1-2,5-7,14-16H,3-4,8-13H2,(H,25,31)/t16-/m1/s1. The van der Waals surface area contributed by atoms with E-state index in [2.05, 4.69) is 20.3 Å². The zero-order valence-corrected chi connectivity index (χ0v) is 18.6. The third-order valence-electron chi connectivity index (χ3n) is 6.29. The van der Waals surface area contributed by atoms with Crippen molar-refractivity contribution in [2.75, 3.05) is 37.6 Å². The first kappa shape index (κ1) is 20.7. The number of piperazine rings is 1. The van der Waals surface area contributed by atoms with Gasteiger partial charge in [0.15, 0.2) is 5.65 Å². The van der Waals surface area contributed by atoms with Gasteiger partial charge in [0.2, 0.25) is 11.8 Å². The van der Waals surface area contributed by atoms with E-state index in [9.17, 15) is 9.59 Å². The molecule has 3 aliphatic rings. The lowest BCUT2D eigenvalue weighted by molar-refractivity contribution is -0.119. The highest BCUT2D eigenvalue weighted by Crippen LogP contribution is 2.35. The fourth-order valence-corrected chi connectivity index (χ4v) is 4.26. The maximum absolute atomic E-state index is 12.5. The van der Waals surface area contributed by atoms with E-state index in [1.165, 1.54) is 0 Å². The van der Waals surface area contributed by atoms with E-state index in [1.54, 1.807) is 21.8 Å². The highest BCUT2D eigenvalue weighted by Gasteiger charge is 2.30. The summed E-state index contributed by atoms with van der Waals surface area (Å²) >= 11 is 0. The molecule has 3 aromatic heterocycles. The maximum atomic E-state index is 12.5.